The molecule has 1 aromatic heterocycles. The van der Waals surface area contributed by atoms with Gasteiger partial charge >= 0.3 is 0 Å². The summed E-state index contributed by atoms with van der Waals surface area (Å²) in [6.07, 6.45) is 6.30. The molecule has 0 bridgehead atoms. The molecule has 0 aliphatic heterocycles. The molecule has 0 spiro atoms. The fourth-order valence-corrected chi connectivity index (χ4v) is 2.91. The summed E-state index contributed by atoms with van der Waals surface area (Å²) >= 11 is 0. The van der Waals surface area contributed by atoms with Gasteiger partial charge in [-0.15, -0.1) is 0 Å². The lowest BCUT2D eigenvalue weighted by Gasteiger charge is -2.33. The summed E-state index contributed by atoms with van der Waals surface area (Å²) in [5.74, 6) is 0. The van der Waals surface area contributed by atoms with Crippen LogP contribution in [-0.2, 0) is 18.4 Å². The van der Waals surface area contributed by atoms with Gasteiger partial charge in [0.1, 0.15) is 0 Å². The van der Waals surface area contributed by atoms with Gasteiger partial charge in [-0.2, -0.15) is 5.10 Å². The largest absolute Gasteiger partial charge is 0.319 e. The second-order valence-electron chi connectivity index (χ2n) is 5.41. The number of hydrogen-bond donors (Lipinski definition) is 1. The van der Waals surface area contributed by atoms with E-state index < -0.39 is 0 Å². The van der Waals surface area contributed by atoms with Crippen molar-refractivity contribution in [1.82, 2.24) is 15.1 Å². The molecule has 108 valence electrons. The number of aryl methyl sites for hydroxylation is 1. The lowest BCUT2D eigenvalue weighted by Crippen LogP contribution is -2.38. The number of benzene rings is 1. The first-order valence-electron chi connectivity index (χ1n) is 7.45. The van der Waals surface area contributed by atoms with Crippen LogP contribution in [0.15, 0.2) is 42.7 Å². The molecule has 1 atom stereocenters. The highest BCUT2D eigenvalue weighted by Crippen LogP contribution is 2.31. The van der Waals surface area contributed by atoms with Crippen LogP contribution in [-0.4, -0.2) is 23.4 Å². The molecule has 0 radical (unpaired) electrons. The molecule has 20 heavy (non-hydrogen) atoms. The van der Waals surface area contributed by atoms with E-state index in [9.17, 15) is 0 Å². The Morgan fingerprint density at radius 2 is 1.95 bits per heavy atom. The van der Waals surface area contributed by atoms with Crippen LogP contribution in [0.3, 0.4) is 0 Å². The predicted molar refractivity (Wildman–Crippen MR) is 83.9 cm³/mol. The van der Waals surface area contributed by atoms with Crippen LogP contribution >= 0.6 is 0 Å². The lowest BCUT2D eigenvalue weighted by molar-refractivity contribution is 0.390. The van der Waals surface area contributed by atoms with Gasteiger partial charge in [-0.3, -0.25) is 4.68 Å². The molecule has 3 nitrogen and oxygen atoms in total. The zero-order chi connectivity index (χ0) is 14.4. The first kappa shape index (κ1) is 14.8. The van der Waals surface area contributed by atoms with Crippen LogP contribution in [0.25, 0.3) is 0 Å². The van der Waals surface area contributed by atoms with Crippen molar-refractivity contribution in [3.63, 3.8) is 0 Å². The van der Waals surface area contributed by atoms with Gasteiger partial charge in [0.25, 0.3) is 0 Å². The van der Waals surface area contributed by atoms with E-state index in [-0.39, 0.29) is 5.41 Å². The van der Waals surface area contributed by atoms with Crippen molar-refractivity contribution in [1.29, 1.82) is 0 Å². The van der Waals surface area contributed by atoms with Crippen molar-refractivity contribution in [2.75, 3.05) is 13.6 Å². The van der Waals surface area contributed by atoms with Crippen molar-refractivity contribution in [3.05, 3.63) is 53.9 Å². The second kappa shape index (κ2) is 6.71. The Kier molecular flexibility index (Phi) is 4.96. The summed E-state index contributed by atoms with van der Waals surface area (Å²) in [5, 5.41) is 7.78. The van der Waals surface area contributed by atoms with Gasteiger partial charge in [-0.1, -0.05) is 37.3 Å². The smallest absolute Gasteiger partial charge is 0.0522 e. The number of nitrogens with zero attached hydrogens (tertiary/aromatic N) is 2. The third-order valence-electron chi connectivity index (χ3n) is 4.13. The summed E-state index contributed by atoms with van der Waals surface area (Å²) in [4.78, 5) is 0. The van der Waals surface area contributed by atoms with Crippen molar-refractivity contribution in [2.24, 2.45) is 0 Å². The van der Waals surface area contributed by atoms with Gasteiger partial charge in [0, 0.05) is 24.7 Å². The monoisotopic (exact) mass is 271 g/mol. The number of aromatic nitrogens is 2. The Balaban J connectivity index is 2.31. The van der Waals surface area contributed by atoms with Gasteiger partial charge in [0.15, 0.2) is 0 Å². The van der Waals surface area contributed by atoms with E-state index in [1.54, 1.807) is 0 Å². The Morgan fingerprint density at radius 1 is 1.20 bits per heavy atom. The molecule has 2 aromatic rings. The average Bonchev–Trinajstić information content (AvgIpc) is 2.95. The summed E-state index contributed by atoms with van der Waals surface area (Å²) in [5.41, 5.74) is 2.85. The third kappa shape index (κ3) is 3.10. The highest BCUT2D eigenvalue weighted by atomic mass is 15.3. The molecule has 0 fully saturated rings. The zero-order valence-corrected chi connectivity index (χ0v) is 12.8. The molecule has 1 unspecified atom stereocenters. The Labute approximate surface area is 122 Å². The number of nitrogens with one attached hydrogen (secondary N) is 1. The first-order valence-corrected chi connectivity index (χ1v) is 7.45. The molecule has 1 heterocycles. The SMILES string of the molecule is CCn1cc(CC(CC)(CNC)c2ccccc2)cn1. The van der Waals surface area contributed by atoms with E-state index in [2.05, 4.69) is 60.8 Å². The maximum atomic E-state index is 4.40. The molecule has 0 amide bonds. The lowest BCUT2D eigenvalue weighted by atomic mass is 9.74. The number of hydrogen-bond acceptors (Lipinski definition) is 2. The average molecular weight is 271 g/mol. The van der Waals surface area contributed by atoms with Crippen molar-refractivity contribution >= 4 is 0 Å². The van der Waals surface area contributed by atoms with E-state index in [0.717, 1.165) is 25.9 Å². The summed E-state index contributed by atoms with van der Waals surface area (Å²) in [7, 11) is 2.03. The van der Waals surface area contributed by atoms with Crippen LogP contribution in [0.2, 0.25) is 0 Å². The molecule has 0 aliphatic carbocycles. The summed E-state index contributed by atoms with van der Waals surface area (Å²) < 4.78 is 2.00. The molecule has 3 heteroatoms. The van der Waals surface area contributed by atoms with Gasteiger partial charge in [0.2, 0.25) is 0 Å². The van der Waals surface area contributed by atoms with E-state index in [1.807, 2.05) is 17.9 Å². The maximum Gasteiger partial charge on any atom is 0.0522 e. The van der Waals surface area contributed by atoms with Gasteiger partial charge in [-0.25, -0.2) is 0 Å². The zero-order valence-electron chi connectivity index (χ0n) is 12.8. The molecule has 0 saturated carbocycles. The minimum atomic E-state index is 0.137. The van der Waals surface area contributed by atoms with Crippen LogP contribution in [0.4, 0.5) is 0 Å². The van der Waals surface area contributed by atoms with Crippen LogP contribution in [0, 0.1) is 0 Å². The van der Waals surface area contributed by atoms with E-state index in [4.69, 9.17) is 0 Å². The number of likely N-dealkylation sites (N-methyl/N-ethyl adjacent to an activating group) is 1. The van der Waals surface area contributed by atoms with Gasteiger partial charge < -0.3 is 5.32 Å². The van der Waals surface area contributed by atoms with Gasteiger partial charge in [0.05, 0.1) is 6.20 Å². The number of rotatable bonds is 7. The van der Waals surface area contributed by atoms with E-state index >= 15 is 0 Å². The van der Waals surface area contributed by atoms with E-state index in [1.165, 1.54) is 11.1 Å². The van der Waals surface area contributed by atoms with Crippen LogP contribution in [0.5, 0.6) is 0 Å². The van der Waals surface area contributed by atoms with Crippen molar-refractivity contribution in [2.45, 2.75) is 38.6 Å². The summed E-state index contributed by atoms with van der Waals surface area (Å²) in [6.45, 7) is 6.30. The molecule has 0 aliphatic rings. The molecule has 1 aromatic carbocycles. The van der Waals surface area contributed by atoms with Crippen LogP contribution < -0.4 is 5.32 Å². The Bertz CT molecular complexity index is 518. The Hall–Kier alpha value is -1.61. The standard InChI is InChI=1S/C17H25N3/c1-4-17(14-18-3,16-9-7-6-8-10-16)11-15-12-19-20(5-2)13-15/h6-10,12-13,18H,4-5,11,14H2,1-3H3. The fraction of sp³-hybridized carbons (Fsp3) is 0.471. The Morgan fingerprint density at radius 3 is 2.50 bits per heavy atom. The van der Waals surface area contributed by atoms with Gasteiger partial charge in [-0.05, 0) is 37.9 Å². The fourth-order valence-electron chi connectivity index (χ4n) is 2.91. The van der Waals surface area contributed by atoms with Crippen molar-refractivity contribution in [3.8, 4) is 0 Å². The normalized spacial score (nSPS) is 14.2. The minimum Gasteiger partial charge on any atom is -0.319 e. The third-order valence-corrected chi connectivity index (χ3v) is 4.13. The molecule has 1 N–H and O–H groups in total. The molecular weight excluding hydrogens is 246 g/mol. The topological polar surface area (TPSA) is 29.9 Å². The quantitative estimate of drug-likeness (QED) is 0.839. The highest BCUT2D eigenvalue weighted by molar-refractivity contribution is 5.29. The molecular formula is C17H25N3. The minimum absolute atomic E-state index is 0.137. The van der Waals surface area contributed by atoms with E-state index in [0.29, 0.717) is 0 Å². The molecule has 2 rings (SSSR count). The van der Waals surface area contributed by atoms with Crippen LogP contribution in [0.1, 0.15) is 31.4 Å². The highest BCUT2D eigenvalue weighted by Gasteiger charge is 2.30. The predicted octanol–water partition coefficient (Wildman–Crippen LogP) is 3.01. The summed E-state index contributed by atoms with van der Waals surface area (Å²) in [6, 6.07) is 10.8. The van der Waals surface area contributed by atoms with Crippen molar-refractivity contribution < 1.29 is 0 Å². The molecule has 0 saturated heterocycles. The maximum absolute atomic E-state index is 4.40. The first-order chi connectivity index (χ1) is 9.74. The second-order valence-corrected chi connectivity index (χ2v) is 5.41.